The Bertz CT molecular complexity index is 540. The quantitative estimate of drug-likeness (QED) is 0.840. The molecule has 0 saturated carbocycles. The lowest BCUT2D eigenvalue weighted by molar-refractivity contribution is -0.272. The highest BCUT2D eigenvalue weighted by molar-refractivity contribution is 5.94. The topological polar surface area (TPSA) is 79.3 Å². The van der Waals surface area contributed by atoms with Crippen LogP contribution >= 0.6 is 0 Å². The average molecular weight is 316 g/mol. The zero-order chi connectivity index (χ0) is 16.4. The smallest absolute Gasteiger partial charge is 0.409 e. The number of pyridine rings is 1. The average Bonchev–Trinajstić information content (AvgIpc) is 2.24. The summed E-state index contributed by atoms with van der Waals surface area (Å²) in [5, 5.41) is 9.91. The van der Waals surface area contributed by atoms with Crippen LogP contribution in [0.3, 0.4) is 0 Å². The van der Waals surface area contributed by atoms with E-state index in [-0.39, 0.29) is 0 Å². The standard InChI is InChI=1S/C10H6F6N2O3/c11-9(12,13)6(10(14,15)16)7(19)18-5-3-4(8(20)21)1-2-17-5/h1-3,6H,(H,20,21)(H,17,18,19). The number of carboxylic acids is 1. The lowest BCUT2D eigenvalue weighted by Gasteiger charge is -2.21. The highest BCUT2D eigenvalue weighted by Gasteiger charge is 2.61. The first-order valence-corrected chi connectivity index (χ1v) is 5.06. The summed E-state index contributed by atoms with van der Waals surface area (Å²) in [5.74, 6) is -8.86. The van der Waals surface area contributed by atoms with Crippen LogP contribution in [0.2, 0.25) is 0 Å². The number of hydrogen-bond acceptors (Lipinski definition) is 3. The number of carbonyl (C=O) groups excluding carboxylic acids is 1. The number of carbonyl (C=O) groups is 2. The summed E-state index contributed by atoms with van der Waals surface area (Å²) in [5.41, 5.74) is -0.462. The van der Waals surface area contributed by atoms with Gasteiger partial charge >= 0.3 is 18.3 Å². The summed E-state index contributed by atoms with van der Waals surface area (Å²) in [4.78, 5) is 25.0. The predicted octanol–water partition coefficient (Wildman–Crippen LogP) is 2.46. The van der Waals surface area contributed by atoms with Crippen LogP contribution < -0.4 is 5.32 Å². The van der Waals surface area contributed by atoms with Gasteiger partial charge in [-0.05, 0) is 12.1 Å². The molecule has 0 unspecified atom stereocenters. The minimum Gasteiger partial charge on any atom is -0.478 e. The van der Waals surface area contributed by atoms with Crippen molar-refractivity contribution in [1.29, 1.82) is 0 Å². The van der Waals surface area contributed by atoms with E-state index in [2.05, 4.69) is 4.98 Å². The van der Waals surface area contributed by atoms with Crippen LogP contribution in [0.15, 0.2) is 18.3 Å². The number of amides is 1. The summed E-state index contributed by atoms with van der Waals surface area (Å²) in [6.45, 7) is 0. The molecule has 0 aliphatic heterocycles. The van der Waals surface area contributed by atoms with Crippen LogP contribution in [0.4, 0.5) is 32.2 Å². The van der Waals surface area contributed by atoms with Crippen LogP contribution in [0, 0.1) is 5.92 Å². The molecule has 116 valence electrons. The maximum Gasteiger partial charge on any atom is 0.409 e. The lowest BCUT2D eigenvalue weighted by atomic mass is 10.1. The van der Waals surface area contributed by atoms with Crippen molar-refractivity contribution < 1.29 is 41.0 Å². The Balaban J connectivity index is 3.03. The van der Waals surface area contributed by atoms with Gasteiger partial charge in [-0.15, -0.1) is 0 Å². The van der Waals surface area contributed by atoms with Gasteiger partial charge in [0.2, 0.25) is 11.8 Å². The number of aromatic carboxylic acids is 1. The van der Waals surface area contributed by atoms with E-state index in [9.17, 15) is 35.9 Å². The zero-order valence-electron chi connectivity index (χ0n) is 9.79. The second-order valence-corrected chi connectivity index (χ2v) is 3.74. The van der Waals surface area contributed by atoms with Gasteiger partial charge in [0.15, 0.2) is 0 Å². The number of alkyl halides is 6. The summed E-state index contributed by atoms with van der Waals surface area (Å²) in [6, 6.07) is 1.58. The fourth-order valence-electron chi connectivity index (χ4n) is 1.31. The molecule has 0 aliphatic rings. The van der Waals surface area contributed by atoms with Gasteiger partial charge in [-0.3, -0.25) is 4.79 Å². The molecule has 0 aliphatic carbocycles. The number of anilines is 1. The molecular formula is C10H6F6N2O3. The Morgan fingerprint density at radius 2 is 1.67 bits per heavy atom. The summed E-state index contributed by atoms with van der Waals surface area (Å²) in [7, 11) is 0. The first kappa shape index (κ1) is 16.7. The maximum absolute atomic E-state index is 12.3. The van der Waals surface area contributed by atoms with Crippen molar-refractivity contribution in [3.63, 3.8) is 0 Å². The number of hydrogen-bond donors (Lipinski definition) is 2. The number of rotatable bonds is 3. The fraction of sp³-hybridized carbons (Fsp3) is 0.300. The Hall–Kier alpha value is -2.33. The largest absolute Gasteiger partial charge is 0.478 e. The number of aromatic nitrogens is 1. The second-order valence-electron chi connectivity index (χ2n) is 3.74. The maximum atomic E-state index is 12.3. The van der Waals surface area contributed by atoms with E-state index in [1.54, 1.807) is 0 Å². The molecule has 0 spiro atoms. The predicted molar refractivity (Wildman–Crippen MR) is 55.4 cm³/mol. The van der Waals surface area contributed by atoms with Crippen LogP contribution in [0.5, 0.6) is 0 Å². The van der Waals surface area contributed by atoms with Crippen molar-refractivity contribution in [3.8, 4) is 0 Å². The van der Waals surface area contributed by atoms with Crippen molar-refractivity contribution in [3.05, 3.63) is 23.9 Å². The molecule has 1 aromatic heterocycles. The minimum atomic E-state index is -5.84. The monoisotopic (exact) mass is 316 g/mol. The lowest BCUT2D eigenvalue weighted by Crippen LogP contribution is -2.45. The molecule has 11 heteroatoms. The van der Waals surface area contributed by atoms with E-state index in [1.165, 1.54) is 5.32 Å². The summed E-state index contributed by atoms with van der Waals surface area (Å²) in [6.07, 6.45) is -10.9. The first-order chi connectivity index (χ1) is 9.43. The minimum absolute atomic E-state index is 0.462. The number of nitrogens with zero attached hydrogens (tertiary/aromatic N) is 1. The van der Waals surface area contributed by atoms with Crippen LogP contribution in [-0.4, -0.2) is 34.3 Å². The molecular weight excluding hydrogens is 310 g/mol. The van der Waals surface area contributed by atoms with Gasteiger partial charge in [-0.2, -0.15) is 26.3 Å². The van der Waals surface area contributed by atoms with Gasteiger partial charge in [0.1, 0.15) is 5.82 Å². The number of halogens is 6. The summed E-state index contributed by atoms with van der Waals surface area (Å²) >= 11 is 0. The van der Waals surface area contributed by atoms with Crippen molar-refractivity contribution in [2.75, 3.05) is 5.32 Å². The van der Waals surface area contributed by atoms with E-state index in [0.29, 0.717) is 6.07 Å². The molecule has 21 heavy (non-hydrogen) atoms. The van der Waals surface area contributed by atoms with Crippen molar-refractivity contribution >= 4 is 17.7 Å². The van der Waals surface area contributed by atoms with Crippen molar-refractivity contribution in [2.45, 2.75) is 12.4 Å². The number of nitrogens with one attached hydrogen (secondary N) is 1. The van der Waals surface area contributed by atoms with E-state index in [4.69, 9.17) is 5.11 Å². The normalized spacial score (nSPS) is 12.3. The molecule has 1 aromatic rings. The fourth-order valence-corrected chi connectivity index (χ4v) is 1.31. The Morgan fingerprint density at radius 3 is 2.10 bits per heavy atom. The van der Waals surface area contributed by atoms with Crippen LogP contribution in [0.25, 0.3) is 0 Å². The molecule has 1 rings (SSSR count). The van der Waals surface area contributed by atoms with E-state index in [0.717, 1.165) is 12.3 Å². The molecule has 0 radical (unpaired) electrons. The summed E-state index contributed by atoms with van der Waals surface area (Å²) < 4.78 is 73.7. The van der Waals surface area contributed by atoms with Crippen LogP contribution in [0.1, 0.15) is 10.4 Å². The molecule has 2 N–H and O–H groups in total. The van der Waals surface area contributed by atoms with Crippen molar-refractivity contribution in [1.82, 2.24) is 4.98 Å². The molecule has 0 saturated heterocycles. The van der Waals surface area contributed by atoms with Gasteiger partial charge in [0.25, 0.3) is 0 Å². The molecule has 0 bridgehead atoms. The Kier molecular flexibility index (Phi) is 4.44. The highest BCUT2D eigenvalue weighted by Crippen LogP contribution is 2.39. The van der Waals surface area contributed by atoms with Gasteiger partial charge in [0, 0.05) is 6.20 Å². The third-order valence-corrected chi connectivity index (χ3v) is 2.17. The third kappa shape index (κ3) is 4.33. The zero-order valence-corrected chi connectivity index (χ0v) is 9.79. The number of carboxylic acid groups (broad SMARTS) is 1. The van der Waals surface area contributed by atoms with E-state index in [1.807, 2.05) is 0 Å². The molecule has 5 nitrogen and oxygen atoms in total. The van der Waals surface area contributed by atoms with Gasteiger partial charge in [-0.25, -0.2) is 9.78 Å². The van der Waals surface area contributed by atoms with Crippen LogP contribution in [-0.2, 0) is 4.79 Å². The molecule has 0 atom stereocenters. The first-order valence-electron chi connectivity index (χ1n) is 5.06. The van der Waals surface area contributed by atoms with E-state index >= 15 is 0 Å². The SMILES string of the molecule is O=C(O)c1ccnc(NC(=O)C(C(F)(F)F)C(F)(F)F)c1. The van der Waals surface area contributed by atoms with Gasteiger partial charge in [0.05, 0.1) is 5.56 Å². The Labute approximate surface area is 112 Å². The third-order valence-electron chi connectivity index (χ3n) is 2.17. The van der Waals surface area contributed by atoms with Crippen molar-refractivity contribution in [2.24, 2.45) is 5.92 Å². The van der Waals surface area contributed by atoms with E-state index < -0.39 is 41.5 Å². The Morgan fingerprint density at radius 1 is 1.14 bits per heavy atom. The molecule has 0 aromatic carbocycles. The molecule has 0 fully saturated rings. The second kappa shape index (κ2) is 5.58. The molecule has 1 heterocycles. The molecule has 1 amide bonds. The van der Waals surface area contributed by atoms with Gasteiger partial charge < -0.3 is 10.4 Å². The highest BCUT2D eigenvalue weighted by atomic mass is 19.4. The van der Waals surface area contributed by atoms with Gasteiger partial charge in [-0.1, -0.05) is 0 Å².